The number of rotatable bonds is 7. The average molecular weight is 470 g/mol. The molecule has 0 fully saturated rings. The van der Waals surface area contributed by atoms with Gasteiger partial charge in [-0.25, -0.2) is 4.79 Å². The quantitative estimate of drug-likeness (QED) is 0.413. The Morgan fingerprint density at radius 2 is 1.70 bits per heavy atom. The molecular formula is C24H24ClN3O5. The van der Waals surface area contributed by atoms with Gasteiger partial charge in [0.2, 0.25) is 0 Å². The maximum Gasteiger partial charge on any atom is 0.319 e. The second-order valence-electron chi connectivity index (χ2n) is 7.75. The number of benzene rings is 2. The molecule has 0 radical (unpaired) electrons. The van der Waals surface area contributed by atoms with E-state index in [1.165, 1.54) is 10.8 Å². The van der Waals surface area contributed by atoms with Gasteiger partial charge in [0.15, 0.2) is 5.69 Å². The first kappa shape index (κ1) is 23.9. The molecule has 0 saturated heterocycles. The van der Waals surface area contributed by atoms with Crippen LogP contribution in [-0.2, 0) is 11.3 Å². The second kappa shape index (κ2) is 10.2. The lowest BCUT2D eigenvalue weighted by molar-refractivity contribution is -0.137. The molecule has 0 saturated carbocycles. The molecule has 1 aromatic heterocycles. The smallest absolute Gasteiger partial charge is 0.319 e. The van der Waals surface area contributed by atoms with Gasteiger partial charge in [-0.05, 0) is 37.1 Å². The molecule has 172 valence electrons. The summed E-state index contributed by atoms with van der Waals surface area (Å²) < 4.78 is 1.36. The number of halogens is 1. The highest BCUT2D eigenvalue weighted by Gasteiger charge is 2.21. The van der Waals surface area contributed by atoms with Gasteiger partial charge in [-0.2, -0.15) is 0 Å². The average Bonchev–Trinajstić information content (AvgIpc) is 2.76. The number of aliphatic carboxylic acids is 1. The van der Waals surface area contributed by atoms with E-state index in [4.69, 9.17) is 11.6 Å². The second-order valence-corrected chi connectivity index (χ2v) is 8.19. The molecule has 9 heteroatoms. The molecule has 1 heterocycles. The molecule has 0 bridgehead atoms. The number of nitrogens with one attached hydrogen (secondary N) is 2. The molecule has 3 rings (SSSR count). The summed E-state index contributed by atoms with van der Waals surface area (Å²) in [6, 6.07) is 12.4. The summed E-state index contributed by atoms with van der Waals surface area (Å²) in [6.07, 6.45) is 1.14. The highest BCUT2D eigenvalue weighted by atomic mass is 35.5. The molecule has 3 aromatic rings. The number of aryl methyl sites for hydroxylation is 2. The predicted octanol–water partition coefficient (Wildman–Crippen LogP) is 4.21. The normalized spacial score (nSPS) is 11.6. The number of carbonyl (C=O) groups excluding carboxylic acids is 1. The van der Waals surface area contributed by atoms with Crippen LogP contribution in [0.4, 0.5) is 10.5 Å². The van der Waals surface area contributed by atoms with Crippen LogP contribution in [0.25, 0.3) is 0 Å². The largest absolute Gasteiger partial charge is 0.505 e. The number of hydrogen-bond donors (Lipinski definition) is 4. The van der Waals surface area contributed by atoms with Crippen LogP contribution in [-0.4, -0.2) is 26.8 Å². The molecule has 0 spiro atoms. The molecule has 2 amide bonds. The standard InChI is InChI=1S/C24H24ClN3O5/c1-14-3-7-17(8-4-14)19(11-20(29)30)26-24(33)27-21-22(31)15(2)12-28(23(21)32)13-16-5-9-18(25)10-6-16/h3-10,12,19,31H,11,13H2,1-2H3,(H,29,30)(H2,26,27,33)/t19-/m0/s1. The number of aromatic nitrogens is 1. The van der Waals surface area contributed by atoms with Crippen molar-refractivity contribution in [2.24, 2.45) is 0 Å². The van der Waals surface area contributed by atoms with E-state index in [0.717, 1.165) is 11.1 Å². The van der Waals surface area contributed by atoms with Gasteiger partial charge in [0.25, 0.3) is 5.56 Å². The van der Waals surface area contributed by atoms with Crippen LogP contribution in [0.5, 0.6) is 5.75 Å². The fourth-order valence-electron chi connectivity index (χ4n) is 3.35. The molecule has 1 atom stereocenters. The van der Waals surface area contributed by atoms with E-state index in [1.54, 1.807) is 43.3 Å². The number of aromatic hydroxyl groups is 1. The number of hydrogen-bond acceptors (Lipinski definition) is 4. The van der Waals surface area contributed by atoms with Crippen molar-refractivity contribution in [2.75, 3.05) is 5.32 Å². The number of carbonyl (C=O) groups is 2. The summed E-state index contributed by atoms with van der Waals surface area (Å²) >= 11 is 5.91. The fraction of sp³-hybridized carbons (Fsp3) is 0.208. The molecule has 0 aliphatic heterocycles. The van der Waals surface area contributed by atoms with Crippen molar-refractivity contribution in [1.29, 1.82) is 0 Å². The van der Waals surface area contributed by atoms with Crippen LogP contribution in [0.3, 0.4) is 0 Å². The minimum absolute atomic E-state index is 0.207. The van der Waals surface area contributed by atoms with E-state index >= 15 is 0 Å². The third-order valence-corrected chi connectivity index (χ3v) is 5.36. The monoisotopic (exact) mass is 469 g/mol. The summed E-state index contributed by atoms with van der Waals surface area (Å²) in [6.45, 7) is 3.71. The number of carboxylic acids is 1. The van der Waals surface area contributed by atoms with Crippen LogP contribution < -0.4 is 16.2 Å². The van der Waals surface area contributed by atoms with Crippen molar-refractivity contribution in [3.05, 3.63) is 92.4 Å². The Morgan fingerprint density at radius 3 is 2.30 bits per heavy atom. The van der Waals surface area contributed by atoms with Crippen LogP contribution in [0.15, 0.2) is 59.5 Å². The topological polar surface area (TPSA) is 121 Å². The minimum Gasteiger partial charge on any atom is -0.505 e. The predicted molar refractivity (Wildman–Crippen MR) is 126 cm³/mol. The first-order chi connectivity index (χ1) is 15.6. The number of anilines is 1. The lowest BCUT2D eigenvalue weighted by Gasteiger charge is -2.19. The molecule has 8 nitrogen and oxygen atoms in total. The summed E-state index contributed by atoms with van der Waals surface area (Å²) in [5.74, 6) is -1.45. The van der Waals surface area contributed by atoms with Gasteiger partial charge in [0.05, 0.1) is 19.0 Å². The zero-order valence-electron chi connectivity index (χ0n) is 18.1. The summed E-state index contributed by atoms with van der Waals surface area (Å²) in [5, 5.41) is 25.2. The van der Waals surface area contributed by atoms with Crippen molar-refractivity contribution < 1.29 is 19.8 Å². The SMILES string of the molecule is Cc1ccc([C@H](CC(=O)O)NC(=O)Nc2c(O)c(C)cn(Cc3ccc(Cl)cc3)c2=O)cc1. The van der Waals surface area contributed by atoms with Gasteiger partial charge in [-0.1, -0.05) is 53.6 Å². The van der Waals surface area contributed by atoms with Crippen LogP contribution in [0, 0.1) is 13.8 Å². The van der Waals surface area contributed by atoms with Crippen molar-refractivity contribution >= 4 is 29.3 Å². The number of carboxylic acid groups (broad SMARTS) is 1. The molecule has 4 N–H and O–H groups in total. The van der Waals surface area contributed by atoms with E-state index in [0.29, 0.717) is 16.1 Å². The Kier molecular flexibility index (Phi) is 7.40. The Bertz CT molecular complexity index is 1220. The number of urea groups is 1. The third-order valence-electron chi connectivity index (χ3n) is 5.10. The summed E-state index contributed by atoms with van der Waals surface area (Å²) in [4.78, 5) is 36.9. The van der Waals surface area contributed by atoms with E-state index in [9.17, 15) is 24.6 Å². The van der Waals surface area contributed by atoms with Crippen LogP contribution in [0.1, 0.15) is 34.7 Å². The Balaban J connectivity index is 1.84. The van der Waals surface area contributed by atoms with E-state index in [-0.39, 0.29) is 24.4 Å². The van der Waals surface area contributed by atoms with Gasteiger partial charge in [0.1, 0.15) is 5.75 Å². The van der Waals surface area contributed by atoms with E-state index in [1.807, 2.05) is 19.1 Å². The summed E-state index contributed by atoms with van der Waals surface area (Å²) in [5.41, 5.74) is 1.89. The number of amides is 2. The van der Waals surface area contributed by atoms with Gasteiger partial charge in [-0.3, -0.25) is 9.59 Å². The maximum atomic E-state index is 13.0. The molecule has 0 aliphatic carbocycles. The van der Waals surface area contributed by atoms with E-state index in [2.05, 4.69) is 10.6 Å². The highest BCUT2D eigenvalue weighted by molar-refractivity contribution is 6.30. The first-order valence-corrected chi connectivity index (χ1v) is 10.5. The van der Waals surface area contributed by atoms with Crippen molar-refractivity contribution in [2.45, 2.75) is 32.9 Å². The van der Waals surface area contributed by atoms with Gasteiger partial charge in [-0.15, -0.1) is 0 Å². The Labute approximate surface area is 195 Å². The van der Waals surface area contributed by atoms with Crippen molar-refractivity contribution in [1.82, 2.24) is 9.88 Å². The Hall–Kier alpha value is -3.78. The van der Waals surface area contributed by atoms with Crippen molar-refractivity contribution in [3.63, 3.8) is 0 Å². The maximum absolute atomic E-state index is 13.0. The Morgan fingerprint density at radius 1 is 1.06 bits per heavy atom. The van der Waals surface area contributed by atoms with Crippen LogP contribution >= 0.6 is 11.6 Å². The lowest BCUT2D eigenvalue weighted by atomic mass is 10.0. The van der Waals surface area contributed by atoms with E-state index < -0.39 is 23.6 Å². The molecule has 33 heavy (non-hydrogen) atoms. The lowest BCUT2D eigenvalue weighted by Crippen LogP contribution is -2.36. The molecule has 0 unspecified atom stereocenters. The van der Waals surface area contributed by atoms with Crippen LogP contribution in [0.2, 0.25) is 5.02 Å². The van der Waals surface area contributed by atoms with Gasteiger partial charge >= 0.3 is 12.0 Å². The number of nitrogens with zero attached hydrogens (tertiary/aromatic N) is 1. The fourth-order valence-corrected chi connectivity index (χ4v) is 3.47. The number of pyridine rings is 1. The summed E-state index contributed by atoms with van der Waals surface area (Å²) in [7, 11) is 0. The zero-order chi connectivity index (χ0) is 24.1. The molecule has 0 aliphatic rings. The third kappa shape index (κ3) is 6.14. The van der Waals surface area contributed by atoms with Crippen molar-refractivity contribution in [3.8, 4) is 5.75 Å². The molecule has 2 aromatic carbocycles. The first-order valence-electron chi connectivity index (χ1n) is 10.2. The highest BCUT2D eigenvalue weighted by Crippen LogP contribution is 2.24. The van der Waals surface area contributed by atoms with Gasteiger partial charge in [0, 0.05) is 16.8 Å². The molecular weight excluding hydrogens is 446 g/mol. The van der Waals surface area contributed by atoms with Gasteiger partial charge < -0.3 is 25.4 Å². The minimum atomic E-state index is -1.09. The zero-order valence-corrected chi connectivity index (χ0v) is 18.9.